The predicted molar refractivity (Wildman–Crippen MR) is 109 cm³/mol. The van der Waals surface area contributed by atoms with E-state index in [1.165, 1.54) is 0 Å². The highest BCUT2D eigenvalue weighted by molar-refractivity contribution is 6.69. The van der Waals surface area contributed by atoms with E-state index in [0.717, 1.165) is 26.8 Å². The third-order valence-corrected chi connectivity index (χ3v) is 3.99. The Balaban J connectivity index is 1.98. The Morgan fingerprint density at radius 3 is 2.52 bits per heavy atom. The zero-order valence-electron chi connectivity index (χ0n) is 16.9. The van der Waals surface area contributed by atoms with E-state index in [-0.39, 0.29) is 23.0 Å². The molecule has 2 heterocycles. The molecule has 0 unspecified atom stereocenters. The minimum absolute atomic E-state index is 0.0298. The molecule has 3 rings (SSSR count). The summed E-state index contributed by atoms with van der Waals surface area (Å²) in [5.74, 6) is -1.79. The van der Waals surface area contributed by atoms with Gasteiger partial charge in [0.05, 0.1) is 26.4 Å². The van der Waals surface area contributed by atoms with Gasteiger partial charge in [-0.25, -0.2) is 14.6 Å². The van der Waals surface area contributed by atoms with E-state index in [4.69, 9.17) is 4.74 Å². The standard InChI is InChI=1S/C19H18N6O6/c1-4-7-31-13-6-5-10(20-9-12(18(27)29-2)19(28)30-3)8-11(13)15-21-16-14(17(26)22-15)23-25-24-16/h5-6,8-9,20H,4,7H2,1-3H3. The van der Waals surface area contributed by atoms with Crippen molar-refractivity contribution in [1.82, 2.24) is 0 Å². The molecule has 12 nitrogen and oxygen atoms in total. The second kappa shape index (κ2) is 9.52. The normalized spacial score (nSPS) is 14.0. The molecule has 0 atom stereocenters. The van der Waals surface area contributed by atoms with Crippen LogP contribution in [0.2, 0.25) is 0 Å². The number of amidine groups is 2. The van der Waals surface area contributed by atoms with Crippen LogP contribution in [0.5, 0.6) is 5.75 Å². The number of rotatable bonds is 8. The maximum Gasteiger partial charge on any atom is 0.346 e. The Bertz CT molecular complexity index is 1070. The summed E-state index contributed by atoms with van der Waals surface area (Å²) in [7, 11) is 2.29. The van der Waals surface area contributed by atoms with Crippen LogP contribution in [0, 0.1) is 0 Å². The van der Waals surface area contributed by atoms with Crippen LogP contribution < -0.4 is 10.1 Å². The first kappa shape index (κ1) is 21.5. The molecule has 2 aliphatic heterocycles. The Hall–Kier alpha value is -4.22. The number of ether oxygens (including phenoxy) is 3. The first-order valence-corrected chi connectivity index (χ1v) is 9.09. The van der Waals surface area contributed by atoms with E-state index in [0.29, 0.717) is 23.6 Å². The van der Waals surface area contributed by atoms with Crippen molar-refractivity contribution in [3.05, 3.63) is 35.5 Å². The van der Waals surface area contributed by atoms with Gasteiger partial charge in [0.25, 0.3) is 0 Å². The fourth-order valence-corrected chi connectivity index (χ4v) is 2.52. The van der Waals surface area contributed by atoms with Crippen LogP contribution in [0.25, 0.3) is 0 Å². The Morgan fingerprint density at radius 1 is 1.10 bits per heavy atom. The van der Waals surface area contributed by atoms with Gasteiger partial charge in [-0.3, -0.25) is 4.79 Å². The number of carbonyl (C=O) groups excluding carboxylic acids is 3. The van der Waals surface area contributed by atoms with Gasteiger partial charge in [-0.05, 0) is 29.8 Å². The third-order valence-electron chi connectivity index (χ3n) is 3.99. The van der Waals surface area contributed by atoms with Gasteiger partial charge >= 0.3 is 17.8 Å². The molecule has 0 radical (unpaired) electrons. The average molecular weight is 426 g/mol. The van der Waals surface area contributed by atoms with E-state index in [1.54, 1.807) is 18.2 Å². The summed E-state index contributed by atoms with van der Waals surface area (Å²) in [5, 5.41) is 13.6. The van der Waals surface area contributed by atoms with E-state index < -0.39 is 17.8 Å². The van der Waals surface area contributed by atoms with Crippen LogP contribution in [0.15, 0.2) is 55.4 Å². The highest BCUT2D eigenvalue weighted by Crippen LogP contribution is 2.26. The van der Waals surface area contributed by atoms with Crippen LogP contribution in [-0.4, -0.2) is 56.1 Å². The summed E-state index contributed by atoms with van der Waals surface area (Å²) in [4.78, 5) is 44.0. The third kappa shape index (κ3) is 4.69. The van der Waals surface area contributed by atoms with Gasteiger partial charge in [-0.2, -0.15) is 4.99 Å². The number of benzene rings is 1. The maximum atomic E-state index is 12.2. The Labute approximate surface area is 176 Å². The van der Waals surface area contributed by atoms with E-state index in [2.05, 4.69) is 40.2 Å². The van der Waals surface area contributed by atoms with Crippen molar-refractivity contribution in [1.29, 1.82) is 0 Å². The molecule has 1 amide bonds. The molecule has 1 aromatic carbocycles. The number of nitrogens with one attached hydrogen (secondary N) is 1. The fraction of sp³-hybridized carbons (Fsp3) is 0.263. The fourth-order valence-electron chi connectivity index (χ4n) is 2.52. The number of hydrogen-bond donors (Lipinski definition) is 1. The van der Waals surface area contributed by atoms with E-state index in [1.807, 2.05) is 6.92 Å². The van der Waals surface area contributed by atoms with Crippen LogP contribution in [-0.2, 0) is 23.9 Å². The number of fused-ring (bicyclic) bond motifs is 1. The summed E-state index contributed by atoms with van der Waals surface area (Å²) in [5.41, 5.74) is 0.479. The van der Waals surface area contributed by atoms with Crippen molar-refractivity contribution >= 4 is 40.9 Å². The second-order valence-electron chi connectivity index (χ2n) is 6.06. The summed E-state index contributed by atoms with van der Waals surface area (Å²) in [6.45, 7) is 2.38. The number of anilines is 1. The summed E-state index contributed by atoms with van der Waals surface area (Å²) in [6.07, 6.45) is 1.91. The molecular formula is C19H18N6O6. The molecule has 0 aromatic heterocycles. The molecule has 1 aromatic rings. The monoisotopic (exact) mass is 426 g/mol. The van der Waals surface area contributed by atoms with Crippen molar-refractivity contribution in [2.75, 3.05) is 26.1 Å². The molecule has 0 aliphatic carbocycles. The lowest BCUT2D eigenvalue weighted by Crippen LogP contribution is -2.26. The zero-order valence-corrected chi connectivity index (χ0v) is 16.9. The van der Waals surface area contributed by atoms with E-state index in [9.17, 15) is 14.4 Å². The van der Waals surface area contributed by atoms with Gasteiger partial charge in [-0.1, -0.05) is 6.92 Å². The molecule has 12 heteroatoms. The minimum Gasteiger partial charge on any atom is -0.493 e. The molecule has 0 saturated carbocycles. The maximum absolute atomic E-state index is 12.2. The van der Waals surface area contributed by atoms with Crippen LogP contribution in [0.3, 0.4) is 0 Å². The van der Waals surface area contributed by atoms with Crippen molar-refractivity contribution in [3.8, 4) is 5.75 Å². The molecule has 31 heavy (non-hydrogen) atoms. The molecule has 0 fully saturated rings. The molecule has 2 aliphatic rings. The van der Waals surface area contributed by atoms with Crippen molar-refractivity contribution < 1.29 is 28.6 Å². The first-order chi connectivity index (χ1) is 15.0. The van der Waals surface area contributed by atoms with Crippen LogP contribution in [0.1, 0.15) is 18.9 Å². The molecule has 0 spiro atoms. The van der Waals surface area contributed by atoms with Gasteiger partial charge in [0, 0.05) is 11.9 Å². The van der Waals surface area contributed by atoms with Crippen molar-refractivity contribution in [3.63, 3.8) is 0 Å². The quantitative estimate of drug-likeness (QED) is 0.287. The largest absolute Gasteiger partial charge is 0.493 e. The lowest BCUT2D eigenvalue weighted by Gasteiger charge is -2.14. The van der Waals surface area contributed by atoms with Gasteiger partial charge in [0.2, 0.25) is 11.5 Å². The number of amides is 1. The van der Waals surface area contributed by atoms with Gasteiger partial charge in [0.1, 0.15) is 5.75 Å². The van der Waals surface area contributed by atoms with Gasteiger partial charge in [-0.15, -0.1) is 10.2 Å². The van der Waals surface area contributed by atoms with Crippen LogP contribution >= 0.6 is 0 Å². The van der Waals surface area contributed by atoms with Gasteiger partial charge in [0.15, 0.2) is 11.4 Å². The SMILES string of the molecule is CCCOc1ccc(NC=C(C(=O)OC)C(=O)OC)cc1C1=NC(=O)C2=NN=NC2=N1. The number of methoxy groups -OCH3 is 2. The Morgan fingerprint density at radius 2 is 1.84 bits per heavy atom. The van der Waals surface area contributed by atoms with Crippen molar-refractivity contribution in [2.24, 2.45) is 25.4 Å². The highest BCUT2D eigenvalue weighted by atomic mass is 16.5. The summed E-state index contributed by atoms with van der Waals surface area (Å²) < 4.78 is 14.9. The Kier molecular flexibility index (Phi) is 6.60. The van der Waals surface area contributed by atoms with Gasteiger partial charge < -0.3 is 19.5 Å². The number of esters is 2. The molecule has 0 saturated heterocycles. The molecular weight excluding hydrogens is 408 g/mol. The predicted octanol–water partition coefficient (Wildman–Crippen LogP) is 1.62. The summed E-state index contributed by atoms with van der Waals surface area (Å²) in [6, 6.07) is 4.89. The smallest absolute Gasteiger partial charge is 0.346 e. The topological polar surface area (TPSA) is 153 Å². The number of aliphatic imine (C=N–C) groups is 2. The number of nitrogens with zero attached hydrogens (tertiary/aromatic N) is 5. The number of carbonyl (C=O) groups is 3. The second-order valence-corrected chi connectivity index (χ2v) is 6.06. The highest BCUT2D eigenvalue weighted by Gasteiger charge is 2.29. The molecule has 160 valence electrons. The lowest BCUT2D eigenvalue weighted by atomic mass is 10.1. The average Bonchev–Trinajstić information content (AvgIpc) is 3.27. The summed E-state index contributed by atoms with van der Waals surface area (Å²) >= 11 is 0. The molecule has 0 bridgehead atoms. The first-order valence-electron chi connectivity index (χ1n) is 9.09. The molecule has 1 N–H and O–H groups in total. The minimum atomic E-state index is -0.866. The van der Waals surface area contributed by atoms with E-state index >= 15 is 0 Å². The number of hydrogen-bond acceptors (Lipinski definition) is 11. The zero-order chi connectivity index (χ0) is 22.4. The van der Waals surface area contributed by atoms with Crippen LogP contribution in [0.4, 0.5) is 5.69 Å². The van der Waals surface area contributed by atoms with Crippen molar-refractivity contribution in [2.45, 2.75) is 13.3 Å². The lowest BCUT2D eigenvalue weighted by molar-refractivity contribution is -0.144.